The van der Waals surface area contributed by atoms with Crippen LogP contribution < -0.4 is 5.32 Å². The molecule has 0 fully saturated rings. The largest absolute Gasteiger partial charge is 0.416 e. The summed E-state index contributed by atoms with van der Waals surface area (Å²) in [4.78, 5) is 15.9. The van der Waals surface area contributed by atoms with Gasteiger partial charge in [0.25, 0.3) is 5.91 Å². The second kappa shape index (κ2) is 7.17. The highest BCUT2D eigenvalue weighted by atomic mass is 35.5. The number of halogens is 4. The van der Waals surface area contributed by atoms with Gasteiger partial charge in [0, 0.05) is 17.8 Å². The van der Waals surface area contributed by atoms with Crippen molar-refractivity contribution >= 4 is 17.5 Å². The molecule has 134 valence electrons. The third-order valence-electron chi connectivity index (χ3n) is 3.49. The molecule has 9 heteroatoms. The molecule has 0 atom stereocenters. The Labute approximate surface area is 150 Å². The maximum absolute atomic E-state index is 12.6. The Bertz CT molecular complexity index is 924. The molecule has 0 bridgehead atoms. The van der Waals surface area contributed by atoms with Crippen LogP contribution in [0.1, 0.15) is 21.7 Å². The van der Waals surface area contributed by atoms with Crippen LogP contribution in [0.4, 0.5) is 13.2 Å². The van der Waals surface area contributed by atoms with Crippen LogP contribution in [0.5, 0.6) is 0 Å². The topological polar surface area (TPSA) is 68.0 Å². The first kappa shape index (κ1) is 17.9. The lowest BCUT2D eigenvalue weighted by Crippen LogP contribution is -2.23. The van der Waals surface area contributed by atoms with Crippen molar-refractivity contribution in [2.75, 3.05) is 0 Å². The molecule has 1 N–H and O–H groups in total. The number of hydrogen-bond donors (Lipinski definition) is 1. The first-order chi connectivity index (χ1) is 12.3. The zero-order valence-electron chi connectivity index (χ0n) is 13.0. The zero-order valence-corrected chi connectivity index (χ0v) is 13.8. The molecule has 0 spiro atoms. The monoisotopic (exact) mass is 381 g/mol. The summed E-state index contributed by atoms with van der Waals surface area (Å²) in [6.07, 6.45) is -2.93. The van der Waals surface area contributed by atoms with Crippen LogP contribution in [0.15, 0.2) is 53.2 Å². The average molecular weight is 382 g/mol. The number of carbonyl (C=O) groups is 1. The molecule has 1 amide bonds. The van der Waals surface area contributed by atoms with E-state index in [4.69, 9.17) is 16.1 Å². The molecule has 2 aromatic heterocycles. The fraction of sp³-hybridized carbons (Fsp3) is 0.118. The Morgan fingerprint density at radius 3 is 2.58 bits per heavy atom. The molecule has 1 aromatic carbocycles. The second-order valence-electron chi connectivity index (χ2n) is 5.28. The number of benzene rings is 1. The van der Waals surface area contributed by atoms with Crippen molar-refractivity contribution in [3.05, 3.63) is 70.7 Å². The minimum absolute atomic E-state index is 0.0394. The third-order valence-corrected chi connectivity index (χ3v) is 3.80. The predicted molar refractivity (Wildman–Crippen MR) is 87.4 cm³/mol. The average Bonchev–Trinajstić information content (AvgIpc) is 3.08. The van der Waals surface area contributed by atoms with Crippen molar-refractivity contribution in [1.82, 2.24) is 15.5 Å². The molecule has 0 radical (unpaired) electrons. The van der Waals surface area contributed by atoms with Gasteiger partial charge in [-0.15, -0.1) is 0 Å². The molecule has 0 unspecified atom stereocenters. The van der Waals surface area contributed by atoms with Crippen molar-refractivity contribution < 1.29 is 22.5 Å². The number of hydrogen-bond acceptors (Lipinski definition) is 4. The van der Waals surface area contributed by atoms with Gasteiger partial charge in [-0.05, 0) is 24.3 Å². The van der Waals surface area contributed by atoms with E-state index in [9.17, 15) is 18.0 Å². The summed E-state index contributed by atoms with van der Waals surface area (Å²) in [7, 11) is 0. The molecule has 26 heavy (non-hydrogen) atoms. The summed E-state index contributed by atoms with van der Waals surface area (Å²) >= 11 is 5.84. The quantitative estimate of drug-likeness (QED) is 0.683. The summed E-state index contributed by atoms with van der Waals surface area (Å²) in [5, 5.41) is 6.48. The Morgan fingerprint density at radius 2 is 1.92 bits per heavy atom. The fourth-order valence-electron chi connectivity index (χ4n) is 2.18. The lowest BCUT2D eigenvalue weighted by Gasteiger charge is -2.06. The molecule has 2 heterocycles. The van der Waals surface area contributed by atoms with Gasteiger partial charge in [-0.25, -0.2) is 4.98 Å². The highest BCUT2D eigenvalue weighted by molar-refractivity contribution is 6.32. The minimum Gasteiger partial charge on any atom is -0.359 e. The molecular weight excluding hydrogens is 371 g/mol. The molecule has 0 aliphatic carbocycles. The molecule has 0 aliphatic rings. The van der Waals surface area contributed by atoms with Gasteiger partial charge in [0.05, 0.1) is 17.7 Å². The van der Waals surface area contributed by atoms with Gasteiger partial charge >= 0.3 is 6.18 Å². The number of amides is 1. The summed E-state index contributed by atoms with van der Waals surface area (Å²) in [6.45, 7) is 0.0394. The van der Waals surface area contributed by atoms with Crippen molar-refractivity contribution in [3.63, 3.8) is 0 Å². The SMILES string of the molecule is O=C(NCc1cc(-c2ccc(C(F)(F)F)cc2)no1)c1cccnc1Cl. The van der Waals surface area contributed by atoms with E-state index in [-0.39, 0.29) is 17.3 Å². The summed E-state index contributed by atoms with van der Waals surface area (Å²) in [6, 6.07) is 9.19. The Kier molecular flexibility index (Phi) is 4.94. The third kappa shape index (κ3) is 4.02. The number of pyridine rings is 1. The highest BCUT2D eigenvalue weighted by Gasteiger charge is 2.30. The maximum Gasteiger partial charge on any atom is 0.416 e. The Morgan fingerprint density at radius 1 is 1.19 bits per heavy atom. The van der Waals surface area contributed by atoms with E-state index in [0.29, 0.717) is 17.0 Å². The van der Waals surface area contributed by atoms with Crippen LogP contribution in [-0.2, 0) is 12.7 Å². The van der Waals surface area contributed by atoms with E-state index >= 15 is 0 Å². The lowest BCUT2D eigenvalue weighted by atomic mass is 10.1. The van der Waals surface area contributed by atoms with Crippen LogP contribution in [0.2, 0.25) is 5.15 Å². The van der Waals surface area contributed by atoms with E-state index < -0.39 is 17.6 Å². The van der Waals surface area contributed by atoms with Crippen molar-refractivity contribution in [2.24, 2.45) is 0 Å². The van der Waals surface area contributed by atoms with Crippen LogP contribution in [0.25, 0.3) is 11.3 Å². The van der Waals surface area contributed by atoms with Crippen molar-refractivity contribution in [2.45, 2.75) is 12.7 Å². The number of rotatable bonds is 4. The fourth-order valence-corrected chi connectivity index (χ4v) is 2.39. The molecule has 3 rings (SSSR count). The number of carbonyl (C=O) groups excluding carboxylic acids is 1. The summed E-state index contributed by atoms with van der Waals surface area (Å²) < 4.78 is 42.8. The minimum atomic E-state index is -4.40. The normalized spacial score (nSPS) is 11.4. The first-order valence-corrected chi connectivity index (χ1v) is 7.74. The Balaban J connectivity index is 1.67. The molecule has 0 saturated heterocycles. The van der Waals surface area contributed by atoms with Crippen molar-refractivity contribution in [3.8, 4) is 11.3 Å². The van der Waals surface area contributed by atoms with Gasteiger partial charge in [0.2, 0.25) is 0 Å². The van der Waals surface area contributed by atoms with Crippen LogP contribution >= 0.6 is 11.6 Å². The lowest BCUT2D eigenvalue weighted by molar-refractivity contribution is -0.137. The van der Waals surface area contributed by atoms with Crippen LogP contribution in [-0.4, -0.2) is 16.0 Å². The zero-order chi connectivity index (χ0) is 18.7. The van der Waals surface area contributed by atoms with Gasteiger partial charge in [0.15, 0.2) is 5.76 Å². The van der Waals surface area contributed by atoms with E-state index in [1.165, 1.54) is 30.5 Å². The summed E-state index contributed by atoms with van der Waals surface area (Å²) in [5.74, 6) is -0.0937. The maximum atomic E-state index is 12.6. The van der Waals surface area contributed by atoms with Gasteiger partial charge < -0.3 is 9.84 Å². The predicted octanol–water partition coefficient (Wildman–Crippen LogP) is 4.34. The number of alkyl halides is 3. The van der Waals surface area contributed by atoms with Gasteiger partial charge in [0.1, 0.15) is 10.8 Å². The van der Waals surface area contributed by atoms with Crippen LogP contribution in [0.3, 0.4) is 0 Å². The molecule has 0 aliphatic heterocycles. The number of nitrogens with one attached hydrogen (secondary N) is 1. The molecule has 3 aromatic rings. The van der Waals surface area contributed by atoms with Crippen molar-refractivity contribution in [1.29, 1.82) is 0 Å². The number of nitrogens with zero attached hydrogens (tertiary/aromatic N) is 2. The second-order valence-corrected chi connectivity index (χ2v) is 5.64. The van der Waals surface area contributed by atoms with E-state index in [2.05, 4.69) is 15.5 Å². The van der Waals surface area contributed by atoms with Gasteiger partial charge in [-0.2, -0.15) is 13.2 Å². The first-order valence-electron chi connectivity index (χ1n) is 7.36. The van der Waals surface area contributed by atoms with Gasteiger partial charge in [-0.3, -0.25) is 4.79 Å². The van der Waals surface area contributed by atoms with Gasteiger partial charge in [-0.1, -0.05) is 28.9 Å². The molecular formula is C17H11ClF3N3O2. The van der Waals surface area contributed by atoms with E-state index in [0.717, 1.165) is 12.1 Å². The molecule has 0 saturated carbocycles. The van der Waals surface area contributed by atoms with E-state index in [1.807, 2.05) is 0 Å². The summed E-state index contributed by atoms with van der Waals surface area (Å²) in [5.41, 5.74) is 0.305. The standard InChI is InChI=1S/C17H11ClF3N3O2/c18-15-13(2-1-7-22-15)16(25)23-9-12-8-14(24-26-12)10-3-5-11(6-4-10)17(19,20)21/h1-8H,9H2,(H,23,25). The van der Waals surface area contributed by atoms with E-state index in [1.54, 1.807) is 6.07 Å². The highest BCUT2D eigenvalue weighted by Crippen LogP contribution is 2.30. The number of aromatic nitrogens is 2. The molecule has 5 nitrogen and oxygen atoms in total. The smallest absolute Gasteiger partial charge is 0.359 e. The Hall–Kier alpha value is -2.87. The van der Waals surface area contributed by atoms with Crippen LogP contribution in [0, 0.1) is 0 Å².